The second-order valence-corrected chi connectivity index (χ2v) is 6.58. The zero-order chi connectivity index (χ0) is 15.0. The summed E-state index contributed by atoms with van der Waals surface area (Å²) in [5.74, 6) is 2.12. The Morgan fingerprint density at radius 2 is 1.55 bits per heavy atom. The highest BCUT2D eigenvalue weighted by atomic mass is 16.2. The molecule has 1 saturated carbocycles. The molecule has 1 fully saturated rings. The average Bonchev–Trinajstić information content (AvgIpc) is 2.37. The van der Waals surface area contributed by atoms with E-state index in [1.54, 1.807) is 6.92 Å². The van der Waals surface area contributed by atoms with Gasteiger partial charge in [0.25, 0.3) is 0 Å². The van der Waals surface area contributed by atoms with Gasteiger partial charge in [-0.05, 0) is 17.9 Å². The van der Waals surface area contributed by atoms with E-state index >= 15 is 0 Å². The van der Waals surface area contributed by atoms with Crippen LogP contribution in [0.25, 0.3) is 0 Å². The molecule has 2 nitrogen and oxygen atoms in total. The van der Waals surface area contributed by atoms with E-state index in [1.165, 1.54) is 0 Å². The Bertz CT molecular complexity index is 555. The highest BCUT2D eigenvalue weighted by Gasteiger charge is 2.52. The Morgan fingerprint density at radius 3 is 2.00 bits per heavy atom. The lowest BCUT2D eigenvalue weighted by molar-refractivity contribution is -0.147. The van der Waals surface area contributed by atoms with Crippen molar-refractivity contribution < 1.29 is 9.59 Å². The first-order valence-corrected chi connectivity index (χ1v) is 6.89. The van der Waals surface area contributed by atoms with E-state index < -0.39 is 11.3 Å². The topological polar surface area (TPSA) is 34.1 Å². The Kier molecular flexibility index (Phi) is 3.56. The minimum Gasteiger partial charge on any atom is -0.299 e. The van der Waals surface area contributed by atoms with E-state index in [0.29, 0.717) is 12.8 Å². The van der Waals surface area contributed by atoms with Crippen LogP contribution < -0.4 is 0 Å². The third-order valence-corrected chi connectivity index (χ3v) is 4.31. The predicted molar refractivity (Wildman–Crippen MR) is 79.2 cm³/mol. The molecule has 1 atom stereocenters. The molecule has 0 unspecified atom stereocenters. The summed E-state index contributed by atoms with van der Waals surface area (Å²) < 4.78 is 0. The standard InChI is InChI=1S/C18H20O2/c1-5-14(13-9-7-6-8-10-13)18(4)15(19)11-17(2,3)12-16(18)20/h1,6-10,14H,11-12H2,2-4H3/t14-/m0/s1. The van der Waals surface area contributed by atoms with Gasteiger partial charge in [-0.25, -0.2) is 0 Å². The molecule has 1 aromatic carbocycles. The second-order valence-electron chi connectivity index (χ2n) is 6.58. The van der Waals surface area contributed by atoms with Crippen LogP contribution in [0.1, 0.15) is 45.1 Å². The first kappa shape index (κ1) is 14.5. The zero-order valence-electron chi connectivity index (χ0n) is 12.3. The van der Waals surface area contributed by atoms with Gasteiger partial charge in [0.2, 0.25) is 0 Å². The molecule has 0 radical (unpaired) electrons. The highest BCUT2D eigenvalue weighted by molar-refractivity contribution is 6.10. The first-order chi connectivity index (χ1) is 9.31. The molecule has 20 heavy (non-hydrogen) atoms. The third kappa shape index (κ3) is 2.29. The zero-order valence-corrected chi connectivity index (χ0v) is 12.3. The molecule has 2 rings (SSSR count). The van der Waals surface area contributed by atoms with Crippen molar-refractivity contribution in [1.29, 1.82) is 0 Å². The van der Waals surface area contributed by atoms with E-state index in [4.69, 9.17) is 6.42 Å². The van der Waals surface area contributed by atoms with Crippen molar-refractivity contribution in [3.63, 3.8) is 0 Å². The first-order valence-electron chi connectivity index (χ1n) is 6.89. The van der Waals surface area contributed by atoms with Gasteiger partial charge in [-0.1, -0.05) is 50.1 Å². The summed E-state index contributed by atoms with van der Waals surface area (Å²) >= 11 is 0. The molecule has 0 N–H and O–H groups in total. The fourth-order valence-electron chi connectivity index (χ4n) is 3.02. The molecule has 0 amide bonds. The van der Waals surface area contributed by atoms with E-state index in [-0.39, 0.29) is 17.0 Å². The van der Waals surface area contributed by atoms with E-state index in [9.17, 15) is 9.59 Å². The van der Waals surface area contributed by atoms with Crippen LogP contribution in [0.4, 0.5) is 0 Å². The van der Waals surface area contributed by atoms with Gasteiger partial charge in [0.1, 0.15) is 17.0 Å². The van der Waals surface area contributed by atoms with Crippen molar-refractivity contribution in [2.75, 3.05) is 0 Å². The number of terminal acetylenes is 1. The molecule has 0 spiro atoms. The predicted octanol–water partition coefficient (Wildman–Crippen LogP) is 3.37. The molecule has 1 aliphatic rings. The Hall–Kier alpha value is -1.88. The summed E-state index contributed by atoms with van der Waals surface area (Å²) in [6.07, 6.45) is 6.46. The number of hydrogen-bond acceptors (Lipinski definition) is 2. The van der Waals surface area contributed by atoms with Gasteiger partial charge in [-0.15, -0.1) is 6.42 Å². The summed E-state index contributed by atoms with van der Waals surface area (Å²) in [7, 11) is 0. The molecule has 0 saturated heterocycles. The molecule has 104 valence electrons. The van der Waals surface area contributed by atoms with Crippen molar-refractivity contribution in [1.82, 2.24) is 0 Å². The molecule has 1 aliphatic carbocycles. The largest absolute Gasteiger partial charge is 0.299 e. The van der Waals surface area contributed by atoms with Crippen LogP contribution in [0.5, 0.6) is 0 Å². The van der Waals surface area contributed by atoms with Crippen molar-refractivity contribution in [2.45, 2.75) is 39.5 Å². The van der Waals surface area contributed by atoms with Crippen molar-refractivity contribution in [3.05, 3.63) is 35.9 Å². The maximum atomic E-state index is 12.6. The molecule has 1 aromatic rings. The second kappa shape index (κ2) is 4.90. The average molecular weight is 268 g/mol. The minimum absolute atomic E-state index is 0.0365. The summed E-state index contributed by atoms with van der Waals surface area (Å²) in [6.45, 7) is 5.62. The third-order valence-electron chi connectivity index (χ3n) is 4.31. The van der Waals surface area contributed by atoms with Crippen LogP contribution in [0.3, 0.4) is 0 Å². The molecule has 2 heteroatoms. The molecule has 0 bridgehead atoms. The number of benzene rings is 1. The van der Waals surface area contributed by atoms with Crippen LogP contribution in [-0.4, -0.2) is 11.6 Å². The van der Waals surface area contributed by atoms with Gasteiger partial charge in [0.15, 0.2) is 0 Å². The number of hydrogen-bond donors (Lipinski definition) is 0. The maximum Gasteiger partial charge on any atom is 0.148 e. The highest BCUT2D eigenvalue weighted by Crippen LogP contribution is 2.47. The molecule has 0 heterocycles. The van der Waals surface area contributed by atoms with Crippen LogP contribution in [-0.2, 0) is 9.59 Å². The van der Waals surface area contributed by atoms with Crippen LogP contribution in [0.15, 0.2) is 30.3 Å². The Labute approximate surface area is 120 Å². The number of ketones is 2. The number of carbonyl (C=O) groups is 2. The molecule has 0 aliphatic heterocycles. The van der Waals surface area contributed by atoms with Crippen LogP contribution in [0, 0.1) is 23.2 Å². The summed E-state index contributed by atoms with van der Waals surface area (Å²) in [5.41, 5.74) is -0.492. The minimum atomic E-state index is -1.09. The number of Topliss-reactive ketones (excluding diaryl/α,β-unsaturated/α-hetero) is 2. The van der Waals surface area contributed by atoms with Crippen LogP contribution in [0.2, 0.25) is 0 Å². The van der Waals surface area contributed by atoms with Crippen molar-refractivity contribution in [2.24, 2.45) is 10.8 Å². The van der Waals surface area contributed by atoms with Gasteiger partial charge in [0.05, 0.1) is 5.92 Å². The number of rotatable bonds is 2. The normalized spacial score (nSPS) is 22.1. The maximum absolute atomic E-state index is 12.6. The summed E-state index contributed by atoms with van der Waals surface area (Å²) in [5, 5.41) is 0. The van der Waals surface area contributed by atoms with E-state index in [0.717, 1.165) is 5.56 Å². The van der Waals surface area contributed by atoms with Crippen LogP contribution >= 0.6 is 0 Å². The molecular formula is C18H20O2. The fraction of sp³-hybridized carbons (Fsp3) is 0.444. The quantitative estimate of drug-likeness (QED) is 0.609. The SMILES string of the molecule is C#C[C@@H](c1ccccc1)C1(C)C(=O)CC(C)(C)CC1=O. The molecule has 0 aromatic heterocycles. The monoisotopic (exact) mass is 268 g/mol. The molecular weight excluding hydrogens is 248 g/mol. The van der Waals surface area contributed by atoms with Gasteiger partial charge >= 0.3 is 0 Å². The van der Waals surface area contributed by atoms with E-state index in [2.05, 4.69) is 5.92 Å². The lowest BCUT2D eigenvalue weighted by Crippen LogP contribution is -2.49. The lowest BCUT2D eigenvalue weighted by atomic mass is 9.58. The summed E-state index contributed by atoms with van der Waals surface area (Å²) in [6, 6.07) is 9.43. The van der Waals surface area contributed by atoms with Gasteiger partial charge in [0, 0.05) is 12.8 Å². The summed E-state index contributed by atoms with van der Waals surface area (Å²) in [4.78, 5) is 25.2. The Balaban J connectivity index is 2.46. The van der Waals surface area contributed by atoms with Crippen molar-refractivity contribution >= 4 is 11.6 Å². The Morgan fingerprint density at radius 1 is 1.05 bits per heavy atom. The van der Waals surface area contributed by atoms with Crippen molar-refractivity contribution in [3.8, 4) is 12.3 Å². The van der Waals surface area contributed by atoms with E-state index in [1.807, 2.05) is 44.2 Å². The smallest absolute Gasteiger partial charge is 0.148 e. The lowest BCUT2D eigenvalue weighted by Gasteiger charge is -2.41. The van der Waals surface area contributed by atoms with Gasteiger partial charge < -0.3 is 0 Å². The number of carbonyl (C=O) groups excluding carboxylic acids is 2. The fourth-order valence-corrected chi connectivity index (χ4v) is 3.02. The van der Waals surface area contributed by atoms with Gasteiger partial charge in [-0.3, -0.25) is 9.59 Å². The van der Waals surface area contributed by atoms with Gasteiger partial charge in [-0.2, -0.15) is 0 Å².